The fourth-order valence-corrected chi connectivity index (χ4v) is 4.67. The third kappa shape index (κ3) is 3.88. The minimum Gasteiger partial charge on any atom is -0.293 e. The van der Waals surface area contributed by atoms with Crippen LogP contribution in [0.15, 0.2) is 65.3 Å². The molecular weight excluding hydrogens is 403 g/mol. The van der Waals surface area contributed by atoms with Crippen LogP contribution >= 0.6 is 34.7 Å². The van der Waals surface area contributed by atoms with Crippen LogP contribution in [0.1, 0.15) is 10.4 Å². The number of ketones is 1. The van der Waals surface area contributed by atoms with Crippen LogP contribution in [0.5, 0.6) is 0 Å². The highest BCUT2D eigenvalue weighted by Gasteiger charge is 2.15. The normalized spacial score (nSPS) is 11.0. The number of nitrogens with zero attached hydrogens (tertiary/aromatic N) is 2. The number of benzene rings is 2. The van der Waals surface area contributed by atoms with Gasteiger partial charge in [-0.05, 0) is 42.0 Å². The van der Waals surface area contributed by atoms with Crippen LogP contribution in [-0.4, -0.2) is 21.5 Å². The van der Waals surface area contributed by atoms with Gasteiger partial charge in [-0.25, -0.2) is 14.4 Å². The van der Waals surface area contributed by atoms with E-state index in [-0.39, 0.29) is 17.4 Å². The van der Waals surface area contributed by atoms with Gasteiger partial charge in [-0.2, -0.15) is 0 Å². The molecule has 2 aromatic carbocycles. The fraction of sp³-hybridized carbons (Fsp3) is 0.0500. The molecule has 0 bridgehead atoms. The summed E-state index contributed by atoms with van der Waals surface area (Å²) >= 11 is 8.88. The Kier molecular flexibility index (Phi) is 5.20. The summed E-state index contributed by atoms with van der Waals surface area (Å²) in [5, 5.41) is 4.39. The number of aromatic nitrogens is 2. The van der Waals surface area contributed by atoms with Gasteiger partial charge in [0.25, 0.3) is 0 Å². The zero-order valence-electron chi connectivity index (χ0n) is 13.9. The molecule has 0 atom stereocenters. The highest BCUT2D eigenvalue weighted by molar-refractivity contribution is 8.00. The van der Waals surface area contributed by atoms with Crippen molar-refractivity contribution in [2.75, 3.05) is 5.75 Å². The predicted molar refractivity (Wildman–Crippen MR) is 109 cm³/mol. The summed E-state index contributed by atoms with van der Waals surface area (Å²) in [5.74, 6) is -0.217. The van der Waals surface area contributed by atoms with E-state index >= 15 is 0 Å². The first-order valence-electron chi connectivity index (χ1n) is 8.01. The van der Waals surface area contributed by atoms with Crippen LogP contribution in [0, 0.1) is 5.82 Å². The van der Waals surface area contributed by atoms with Crippen molar-refractivity contribution in [2.45, 2.75) is 5.03 Å². The summed E-state index contributed by atoms with van der Waals surface area (Å²) in [7, 11) is 0. The van der Waals surface area contributed by atoms with Crippen molar-refractivity contribution < 1.29 is 9.18 Å². The number of thioether (sulfide) groups is 1. The number of halogens is 2. The Hall–Kier alpha value is -2.28. The lowest BCUT2D eigenvalue weighted by molar-refractivity contribution is 0.102. The van der Waals surface area contributed by atoms with Gasteiger partial charge in [-0.1, -0.05) is 35.5 Å². The summed E-state index contributed by atoms with van der Waals surface area (Å²) in [4.78, 5) is 22.0. The van der Waals surface area contributed by atoms with Gasteiger partial charge in [0.05, 0.1) is 11.1 Å². The van der Waals surface area contributed by atoms with Crippen LogP contribution in [0.25, 0.3) is 21.3 Å². The molecule has 0 N–H and O–H groups in total. The van der Waals surface area contributed by atoms with E-state index in [9.17, 15) is 9.18 Å². The number of carbonyl (C=O) groups excluding carboxylic acids is 1. The molecule has 0 unspecified atom stereocenters. The largest absolute Gasteiger partial charge is 0.293 e. The Morgan fingerprint density at radius 3 is 2.56 bits per heavy atom. The Balaban J connectivity index is 1.64. The molecule has 0 fully saturated rings. The van der Waals surface area contributed by atoms with E-state index in [1.165, 1.54) is 53.7 Å². The molecule has 134 valence electrons. The zero-order valence-corrected chi connectivity index (χ0v) is 16.2. The molecule has 0 aliphatic heterocycles. The summed E-state index contributed by atoms with van der Waals surface area (Å²) in [6.45, 7) is 0. The van der Waals surface area contributed by atoms with Crippen LogP contribution in [0.4, 0.5) is 4.39 Å². The first-order chi connectivity index (χ1) is 13.1. The highest BCUT2D eigenvalue weighted by Crippen LogP contribution is 2.38. The second-order valence-corrected chi connectivity index (χ2v) is 7.99. The van der Waals surface area contributed by atoms with Crippen molar-refractivity contribution in [3.8, 4) is 11.1 Å². The number of carbonyl (C=O) groups is 1. The first kappa shape index (κ1) is 18.1. The minimum absolute atomic E-state index is 0.0740. The Bertz CT molecular complexity index is 1110. The molecule has 0 amide bonds. The van der Waals surface area contributed by atoms with Crippen LogP contribution < -0.4 is 0 Å². The van der Waals surface area contributed by atoms with Gasteiger partial charge in [-0.15, -0.1) is 11.3 Å². The van der Waals surface area contributed by atoms with Gasteiger partial charge in [0, 0.05) is 21.5 Å². The lowest BCUT2D eigenvalue weighted by Crippen LogP contribution is -2.02. The minimum atomic E-state index is -0.359. The van der Waals surface area contributed by atoms with Crippen molar-refractivity contribution in [3.63, 3.8) is 0 Å². The van der Waals surface area contributed by atoms with Gasteiger partial charge in [0.1, 0.15) is 22.0 Å². The van der Waals surface area contributed by atoms with Crippen LogP contribution in [0.3, 0.4) is 0 Å². The molecule has 3 nitrogen and oxygen atoms in total. The fourth-order valence-electron chi connectivity index (χ4n) is 2.65. The van der Waals surface area contributed by atoms with Gasteiger partial charge in [-0.3, -0.25) is 4.79 Å². The van der Waals surface area contributed by atoms with Gasteiger partial charge in [0.15, 0.2) is 5.78 Å². The number of rotatable bonds is 5. The molecule has 0 saturated carbocycles. The zero-order chi connectivity index (χ0) is 18.8. The third-order valence-corrected chi connectivity index (χ3v) is 6.12. The van der Waals surface area contributed by atoms with Crippen molar-refractivity contribution in [3.05, 3.63) is 76.6 Å². The first-order valence-corrected chi connectivity index (χ1v) is 10.3. The average molecular weight is 415 g/mol. The van der Waals surface area contributed by atoms with E-state index in [1.54, 1.807) is 0 Å². The van der Waals surface area contributed by atoms with Crippen LogP contribution in [-0.2, 0) is 0 Å². The number of thiophene rings is 1. The predicted octanol–water partition coefficient (Wildman–Crippen LogP) is 6.13. The van der Waals surface area contributed by atoms with Gasteiger partial charge < -0.3 is 0 Å². The van der Waals surface area contributed by atoms with Crippen molar-refractivity contribution in [1.82, 2.24) is 9.97 Å². The molecule has 0 radical (unpaired) electrons. The van der Waals surface area contributed by atoms with E-state index in [0.29, 0.717) is 10.6 Å². The quantitative estimate of drug-likeness (QED) is 0.224. The monoisotopic (exact) mass is 414 g/mol. The highest BCUT2D eigenvalue weighted by atomic mass is 35.5. The van der Waals surface area contributed by atoms with E-state index < -0.39 is 0 Å². The van der Waals surface area contributed by atoms with E-state index in [0.717, 1.165) is 26.4 Å². The third-order valence-electron chi connectivity index (χ3n) is 4.00. The van der Waals surface area contributed by atoms with E-state index in [4.69, 9.17) is 11.6 Å². The topological polar surface area (TPSA) is 42.9 Å². The van der Waals surface area contributed by atoms with Crippen LogP contribution in [0.2, 0.25) is 5.02 Å². The SMILES string of the molecule is O=C(CSc1ncnc2scc(-c3ccc(Cl)cc3)c12)c1ccc(F)cc1. The maximum Gasteiger partial charge on any atom is 0.173 e. The van der Waals surface area contributed by atoms with Crippen molar-refractivity contribution in [1.29, 1.82) is 0 Å². The van der Waals surface area contributed by atoms with Crippen molar-refractivity contribution >= 4 is 50.7 Å². The Morgan fingerprint density at radius 1 is 1.07 bits per heavy atom. The Morgan fingerprint density at radius 2 is 1.81 bits per heavy atom. The standard InChI is InChI=1S/C20H12ClFN2OS2/c21-14-5-1-12(2-6-14)16-9-26-19-18(16)20(24-11-23-19)27-10-17(25)13-3-7-15(22)8-4-13/h1-9,11H,10H2. The summed E-state index contributed by atoms with van der Waals surface area (Å²) in [5.41, 5.74) is 2.52. The maximum atomic E-state index is 13.0. The molecule has 0 aliphatic carbocycles. The Labute approximate surface area is 168 Å². The summed E-state index contributed by atoms with van der Waals surface area (Å²) in [6.07, 6.45) is 1.51. The molecule has 0 spiro atoms. The molecule has 2 aromatic heterocycles. The second kappa shape index (κ2) is 7.76. The summed E-state index contributed by atoms with van der Waals surface area (Å²) in [6, 6.07) is 13.2. The summed E-state index contributed by atoms with van der Waals surface area (Å²) < 4.78 is 13.0. The molecule has 0 aliphatic rings. The number of hydrogen-bond donors (Lipinski definition) is 0. The molecule has 4 aromatic rings. The molecular formula is C20H12ClFN2OS2. The van der Waals surface area contributed by atoms with Crippen molar-refractivity contribution in [2.24, 2.45) is 0 Å². The molecule has 4 rings (SSSR count). The number of fused-ring (bicyclic) bond motifs is 1. The van der Waals surface area contributed by atoms with Gasteiger partial charge >= 0.3 is 0 Å². The molecule has 0 saturated heterocycles. The van der Waals surface area contributed by atoms with E-state index in [1.807, 2.05) is 29.6 Å². The van der Waals surface area contributed by atoms with E-state index in [2.05, 4.69) is 9.97 Å². The van der Waals surface area contributed by atoms with Gasteiger partial charge in [0.2, 0.25) is 0 Å². The lowest BCUT2D eigenvalue weighted by atomic mass is 10.1. The molecule has 7 heteroatoms. The number of hydrogen-bond acceptors (Lipinski definition) is 5. The smallest absolute Gasteiger partial charge is 0.173 e. The number of Topliss-reactive ketones (excluding diaryl/α,β-unsaturated/α-hetero) is 1. The molecule has 27 heavy (non-hydrogen) atoms. The maximum absolute atomic E-state index is 13.0. The average Bonchev–Trinajstić information content (AvgIpc) is 3.12. The second-order valence-electron chi connectivity index (χ2n) is 5.73. The molecule has 2 heterocycles. The lowest BCUT2D eigenvalue weighted by Gasteiger charge is -2.05.